The van der Waals surface area contributed by atoms with Gasteiger partial charge in [0, 0.05) is 33.2 Å². The van der Waals surface area contributed by atoms with Gasteiger partial charge in [-0.1, -0.05) is 29.8 Å². The molecule has 146 valence electrons. The highest BCUT2D eigenvalue weighted by Crippen LogP contribution is 2.31. The molecule has 3 aromatic rings. The number of carbonyl (C=O) groups is 1. The van der Waals surface area contributed by atoms with Crippen LogP contribution in [0.2, 0.25) is 5.02 Å². The van der Waals surface area contributed by atoms with E-state index in [1.165, 1.54) is 11.3 Å². The van der Waals surface area contributed by atoms with Crippen LogP contribution in [0.3, 0.4) is 0 Å². The first-order valence-corrected chi connectivity index (χ1v) is 10.5. The van der Waals surface area contributed by atoms with E-state index in [-0.39, 0.29) is 11.8 Å². The smallest absolute Gasteiger partial charge is 0.231 e. The fraction of sp³-hybridized carbons (Fsp3) is 0.238. The Balaban J connectivity index is 1.78. The standard InChI is InChI=1S/C21H21Cl2N3OS/c1-13-7-8-15(23)10-17(13)25-20-26-18(11-28-20)14-5-4-6-16(9-14)24-19(27)21(2,3)12-22/h4-11H,12H2,1-3H3,(H,24,27)(H,25,26). The molecule has 0 fully saturated rings. The molecule has 0 aliphatic heterocycles. The molecule has 28 heavy (non-hydrogen) atoms. The summed E-state index contributed by atoms with van der Waals surface area (Å²) < 4.78 is 0. The number of carbonyl (C=O) groups excluding carboxylic acids is 1. The number of hydrogen-bond donors (Lipinski definition) is 2. The first-order chi connectivity index (χ1) is 13.3. The number of nitrogens with one attached hydrogen (secondary N) is 2. The summed E-state index contributed by atoms with van der Waals surface area (Å²) in [5, 5.41) is 9.67. The molecule has 0 atom stereocenters. The highest BCUT2D eigenvalue weighted by Gasteiger charge is 2.26. The van der Waals surface area contributed by atoms with Gasteiger partial charge in [-0.25, -0.2) is 4.98 Å². The fourth-order valence-electron chi connectivity index (χ4n) is 2.43. The van der Waals surface area contributed by atoms with Crippen molar-refractivity contribution in [1.29, 1.82) is 0 Å². The second-order valence-corrected chi connectivity index (χ2v) is 8.74. The van der Waals surface area contributed by atoms with Crippen molar-refractivity contribution in [2.45, 2.75) is 20.8 Å². The number of halogens is 2. The van der Waals surface area contributed by atoms with Crippen LogP contribution in [-0.2, 0) is 4.79 Å². The van der Waals surface area contributed by atoms with Gasteiger partial charge in [0.25, 0.3) is 0 Å². The number of aromatic nitrogens is 1. The molecule has 1 aromatic heterocycles. The monoisotopic (exact) mass is 433 g/mol. The lowest BCUT2D eigenvalue weighted by molar-refractivity contribution is -0.122. The maximum atomic E-state index is 12.3. The van der Waals surface area contributed by atoms with E-state index in [0.29, 0.717) is 10.7 Å². The molecule has 0 saturated carbocycles. The molecular weight excluding hydrogens is 413 g/mol. The van der Waals surface area contributed by atoms with Crippen LogP contribution in [0, 0.1) is 12.3 Å². The molecule has 0 aliphatic rings. The number of thiazole rings is 1. The van der Waals surface area contributed by atoms with Crippen LogP contribution in [0.4, 0.5) is 16.5 Å². The molecule has 0 radical (unpaired) electrons. The predicted molar refractivity (Wildman–Crippen MR) is 120 cm³/mol. The molecule has 0 aliphatic carbocycles. The van der Waals surface area contributed by atoms with Gasteiger partial charge in [0.15, 0.2) is 5.13 Å². The van der Waals surface area contributed by atoms with E-state index in [0.717, 1.165) is 27.6 Å². The summed E-state index contributed by atoms with van der Waals surface area (Å²) in [5.41, 5.74) is 3.86. The minimum absolute atomic E-state index is 0.114. The zero-order chi connectivity index (χ0) is 20.3. The van der Waals surface area contributed by atoms with Crippen molar-refractivity contribution in [2.24, 2.45) is 5.41 Å². The van der Waals surface area contributed by atoms with Crippen LogP contribution in [0.1, 0.15) is 19.4 Å². The van der Waals surface area contributed by atoms with Crippen molar-refractivity contribution < 1.29 is 4.79 Å². The highest BCUT2D eigenvalue weighted by molar-refractivity contribution is 7.14. The van der Waals surface area contributed by atoms with Gasteiger partial charge in [-0.15, -0.1) is 22.9 Å². The summed E-state index contributed by atoms with van der Waals surface area (Å²) >= 11 is 13.5. The number of hydrogen-bond acceptors (Lipinski definition) is 4. The van der Waals surface area contributed by atoms with Crippen LogP contribution in [0.5, 0.6) is 0 Å². The van der Waals surface area contributed by atoms with Gasteiger partial charge >= 0.3 is 0 Å². The molecule has 1 heterocycles. The maximum Gasteiger partial charge on any atom is 0.231 e. The Labute approximate surface area is 178 Å². The summed E-state index contributed by atoms with van der Waals surface area (Å²) in [6, 6.07) is 13.3. The lowest BCUT2D eigenvalue weighted by atomic mass is 9.95. The Bertz CT molecular complexity index is 1000. The molecule has 4 nitrogen and oxygen atoms in total. The Morgan fingerprint density at radius 3 is 2.75 bits per heavy atom. The lowest BCUT2D eigenvalue weighted by Gasteiger charge is -2.20. The number of alkyl halides is 1. The van der Waals surface area contributed by atoms with E-state index in [9.17, 15) is 4.79 Å². The van der Waals surface area contributed by atoms with E-state index in [1.807, 2.05) is 68.6 Å². The number of anilines is 3. The van der Waals surface area contributed by atoms with Gasteiger partial charge in [0.1, 0.15) is 0 Å². The van der Waals surface area contributed by atoms with E-state index >= 15 is 0 Å². The Kier molecular flexibility index (Phi) is 6.28. The normalized spacial score (nSPS) is 11.3. The van der Waals surface area contributed by atoms with Crippen LogP contribution in [-0.4, -0.2) is 16.8 Å². The molecule has 3 rings (SSSR count). The van der Waals surface area contributed by atoms with Crippen molar-refractivity contribution >= 4 is 57.0 Å². The molecule has 1 amide bonds. The predicted octanol–water partition coefficient (Wildman–Crippen LogP) is 6.72. The lowest BCUT2D eigenvalue weighted by Crippen LogP contribution is -2.32. The second kappa shape index (κ2) is 8.52. The summed E-state index contributed by atoms with van der Waals surface area (Å²) in [6.07, 6.45) is 0. The number of amides is 1. The molecule has 0 spiro atoms. The Hall–Kier alpha value is -2.08. The molecule has 0 unspecified atom stereocenters. The molecule has 2 aromatic carbocycles. The van der Waals surface area contributed by atoms with Gasteiger partial charge < -0.3 is 10.6 Å². The third-order valence-electron chi connectivity index (χ3n) is 4.31. The average Bonchev–Trinajstić information content (AvgIpc) is 3.13. The van der Waals surface area contributed by atoms with Crippen molar-refractivity contribution in [1.82, 2.24) is 4.98 Å². The largest absolute Gasteiger partial charge is 0.331 e. The minimum Gasteiger partial charge on any atom is -0.331 e. The maximum absolute atomic E-state index is 12.3. The Morgan fingerprint density at radius 1 is 1.21 bits per heavy atom. The third-order valence-corrected chi connectivity index (χ3v) is 5.97. The summed E-state index contributed by atoms with van der Waals surface area (Å²) in [5.74, 6) is 0.138. The third kappa shape index (κ3) is 4.85. The zero-order valence-electron chi connectivity index (χ0n) is 15.8. The van der Waals surface area contributed by atoms with Crippen LogP contribution < -0.4 is 10.6 Å². The highest BCUT2D eigenvalue weighted by atomic mass is 35.5. The molecular formula is C21H21Cl2N3OS. The molecule has 2 N–H and O–H groups in total. The number of benzene rings is 2. The van der Waals surface area contributed by atoms with Crippen LogP contribution >= 0.6 is 34.5 Å². The minimum atomic E-state index is -0.635. The molecule has 7 heteroatoms. The van der Waals surface area contributed by atoms with Gasteiger partial charge in [-0.2, -0.15) is 0 Å². The van der Waals surface area contributed by atoms with Gasteiger partial charge in [0.2, 0.25) is 5.91 Å². The van der Waals surface area contributed by atoms with E-state index in [1.54, 1.807) is 0 Å². The number of rotatable bonds is 6. The van der Waals surface area contributed by atoms with Gasteiger partial charge in [0.05, 0.1) is 11.1 Å². The first kappa shape index (κ1) is 20.6. The van der Waals surface area contributed by atoms with Crippen molar-refractivity contribution in [3.8, 4) is 11.3 Å². The fourth-order valence-corrected chi connectivity index (χ4v) is 3.45. The van der Waals surface area contributed by atoms with Gasteiger partial charge in [-0.3, -0.25) is 4.79 Å². The summed E-state index contributed by atoms with van der Waals surface area (Å²) in [7, 11) is 0. The van der Waals surface area contributed by atoms with Gasteiger partial charge in [-0.05, 0) is 50.6 Å². The van der Waals surface area contributed by atoms with Crippen molar-refractivity contribution in [2.75, 3.05) is 16.5 Å². The quantitative estimate of drug-likeness (QED) is 0.424. The van der Waals surface area contributed by atoms with E-state index < -0.39 is 5.41 Å². The van der Waals surface area contributed by atoms with Crippen LogP contribution in [0.25, 0.3) is 11.3 Å². The SMILES string of the molecule is Cc1ccc(Cl)cc1Nc1nc(-c2cccc(NC(=O)C(C)(C)CCl)c2)cs1. The number of nitrogens with zero attached hydrogens (tertiary/aromatic N) is 1. The van der Waals surface area contributed by atoms with Crippen LogP contribution in [0.15, 0.2) is 47.8 Å². The Morgan fingerprint density at radius 2 is 2.00 bits per heavy atom. The van der Waals surface area contributed by atoms with E-state index in [4.69, 9.17) is 23.2 Å². The van der Waals surface area contributed by atoms with E-state index in [2.05, 4.69) is 15.6 Å². The first-order valence-electron chi connectivity index (χ1n) is 8.75. The summed E-state index contributed by atoms with van der Waals surface area (Å²) in [4.78, 5) is 17.0. The van der Waals surface area contributed by atoms with Crippen molar-refractivity contribution in [3.63, 3.8) is 0 Å². The average molecular weight is 434 g/mol. The molecule has 0 saturated heterocycles. The van der Waals surface area contributed by atoms with Crippen molar-refractivity contribution in [3.05, 3.63) is 58.4 Å². The number of aryl methyl sites for hydroxylation is 1. The zero-order valence-corrected chi connectivity index (χ0v) is 18.2. The summed E-state index contributed by atoms with van der Waals surface area (Å²) in [6.45, 7) is 5.65. The molecule has 0 bridgehead atoms. The second-order valence-electron chi connectivity index (χ2n) is 7.17. The topological polar surface area (TPSA) is 54.0 Å².